The zero-order chi connectivity index (χ0) is 13.2. The normalized spacial score (nSPS) is 27.2. The standard InChI is InChI=1S/C16H21BrFN/c17-11-13-10-14(18)7-8-16(13)19-9-3-5-12-4-1-2-6-15(12)19/h7-8,10,12,15H,1-6,9,11H2. The minimum atomic E-state index is -0.129. The van der Waals surface area contributed by atoms with Gasteiger partial charge < -0.3 is 4.90 Å². The van der Waals surface area contributed by atoms with Gasteiger partial charge in [0.15, 0.2) is 0 Å². The molecule has 1 saturated carbocycles. The molecule has 19 heavy (non-hydrogen) atoms. The van der Waals surface area contributed by atoms with Crippen molar-refractivity contribution in [2.75, 3.05) is 11.4 Å². The van der Waals surface area contributed by atoms with E-state index < -0.39 is 0 Å². The molecule has 2 unspecified atom stereocenters. The number of nitrogens with zero attached hydrogens (tertiary/aromatic N) is 1. The molecule has 1 heterocycles. The molecule has 104 valence electrons. The average molecular weight is 326 g/mol. The van der Waals surface area contributed by atoms with Crippen molar-refractivity contribution < 1.29 is 4.39 Å². The number of benzene rings is 1. The lowest BCUT2D eigenvalue weighted by atomic mass is 9.78. The van der Waals surface area contributed by atoms with Gasteiger partial charge in [-0.25, -0.2) is 4.39 Å². The summed E-state index contributed by atoms with van der Waals surface area (Å²) in [6.07, 6.45) is 8.09. The van der Waals surface area contributed by atoms with Gasteiger partial charge in [-0.1, -0.05) is 28.8 Å². The molecule has 2 fully saturated rings. The molecule has 1 aromatic rings. The highest BCUT2D eigenvalue weighted by Crippen LogP contribution is 2.39. The second kappa shape index (κ2) is 5.82. The van der Waals surface area contributed by atoms with Gasteiger partial charge in [-0.15, -0.1) is 0 Å². The van der Waals surface area contributed by atoms with Gasteiger partial charge >= 0.3 is 0 Å². The monoisotopic (exact) mass is 325 g/mol. The quantitative estimate of drug-likeness (QED) is 0.700. The maximum Gasteiger partial charge on any atom is 0.123 e. The summed E-state index contributed by atoms with van der Waals surface area (Å²) in [5.41, 5.74) is 2.33. The second-order valence-electron chi connectivity index (χ2n) is 5.85. The number of piperidine rings is 1. The fourth-order valence-corrected chi connectivity index (χ4v) is 4.31. The van der Waals surface area contributed by atoms with Crippen LogP contribution in [-0.2, 0) is 5.33 Å². The van der Waals surface area contributed by atoms with E-state index in [1.165, 1.54) is 44.2 Å². The molecule has 2 aliphatic rings. The molecule has 0 radical (unpaired) electrons. The Morgan fingerprint density at radius 1 is 1.16 bits per heavy atom. The molecule has 1 saturated heterocycles. The Morgan fingerprint density at radius 3 is 2.79 bits per heavy atom. The van der Waals surface area contributed by atoms with Crippen LogP contribution in [0.25, 0.3) is 0 Å². The first kappa shape index (κ1) is 13.4. The minimum Gasteiger partial charge on any atom is -0.368 e. The highest BCUT2D eigenvalue weighted by Gasteiger charge is 2.33. The van der Waals surface area contributed by atoms with E-state index in [4.69, 9.17) is 0 Å². The third-order valence-corrected chi connectivity index (χ3v) is 5.34. The van der Waals surface area contributed by atoms with Crippen LogP contribution in [0.15, 0.2) is 18.2 Å². The fraction of sp³-hybridized carbons (Fsp3) is 0.625. The number of fused-ring (bicyclic) bond motifs is 1. The number of hydrogen-bond acceptors (Lipinski definition) is 1. The van der Waals surface area contributed by atoms with Crippen LogP contribution in [0.1, 0.15) is 44.1 Å². The van der Waals surface area contributed by atoms with Crippen molar-refractivity contribution in [3.05, 3.63) is 29.6 Å². The van der Waals surface area contributed by atoms with Crippen LogP contribution in [-0.4, -0.2) is 12.6 Å². The molecule has 0 aromatic heterocycles. The van der Waals surface area contributed by atoms with Crippen LogP contribution in [0.2, 0.25) is 0 Å². The maximum absolute atomic E-state index is 13.4. The molecule has 1 nitrogen and oxygen atoms in total. The van der Waals surface area contributed by atoms with E-state index in [1.54, 1.807) is 12.1 Å². The van der Waals surface area contributed by atoms with Gasteiger partial charge in [0.2, 0.25) is 0 Å². The number of anilines is 1. The highest BCUT2D eigenvalue weighted by molar-refractivity contribution is 9.08. The number of alkyl halides is 1. The van der Waals surface area contributed by atoms with Crippen molar-refractivity contribution in [2.45, 2.75) is 49.9 Å². The van der Waals surface area contributed by atoms with E-state index in [0.29, 0.717) is 6.04 Å². The lowest BCUT2D eigenvalue weighted by Crippen LogP contribution is -2.47. The largest absolute Gasteiger partial charge is 0.368 e. The van der Waals surface area contributed by atoms with Crippen LogP contribution < -0.4 is 4.90 Å². The fourth-order valence-electron chi connectivity index (χ4n) is 3.87. The summed E-state index contributed by atoms with van der Waals surface area (Å²) in [6.45, 7) is 1.13. The lowest BCUT2D eigenvalue weighted by Gasteiger charge is -2.46. The van der Waals surface area contributed by atoms with Gasteiger partial charge in [-0.2, -0.15) is 0 Å². The Labute approximate surface area is 123 Å². The van der Waals surface area contributed by atoms with Gasteiger partial charge in [-0.3, -0.25) is 0 Å². The zero-order valence-corrected chi connectivity index (χ0v) is 12.8. The van der Waals surface area contributed by atoms with Crippen LogP contribution in [0, 0.1) is 11.7 Å². The molecule has 1 aliphatic carbocycles. The molecule has 2 atom stereocenters. The summed E-state index contributed by atoms with van der Waals surface area (Å²) >= 11 is 3.50. The van der Waals surface area contributed by atoms with E-state index in [9.17, 15) is 4.39 Å². The summed E-state index contributed by atoms with van der Waals surface area (Å²) in [6, 6.07) is 5.94. The Bertz CT molecular complexity index is 446. The third kappa shape index (κ3) is 2.67. The topological polar surface area (TPSA) is 3.24 Å². The Morgan fingerprint density at radius 2 is 1.95 bits per heavy atom. The molecule has 0 N–H and O–H groups in total. The highest BCUT2D eigenvalue weighted by atomic mass is 79.9. The van der Waals surface area contributed by atoms with Crippen molar-refractivity contribution in [3.8, 4) is 0 Å². The predicted molar refractivity (Wildman–Crippen MR) is 81.4 cm³/mol. The van der Waals surface area contributed by atoms with E-state index in [0.717, 1.165) is 23.4 Å². The van der Waals surface area contributed by atoms with E-state index in [1.807, 2.05) is 6.07 Å². The Kier molecular flexibility index (Phi) is 4.11. The molecule has 1 aliphatic heterocycles. The van der Waals surface area contributed by atoms with Crippen molar-refractivity contribution >= 4 is 21.6 Å². The molecule has 3 rings (SSSR count). The van der Waals surface area contributed by atoms with Crippen molar-refractivity contribution in [1.29, 1.82) is 0 Å². The predicted octanol–water partition coefficient (Wildman–Crippen LogP) is 4.88. The van der Waals surface area contributed by atoms with E-state index in [2.05, 4.69) is 20.8 Å². The van der Waals surface area contributed by atoms with E-state index >= 15 is 0 Å². The van der Waals surface area contributed by atoms with Crippen LogP contribution in [0.4, 0.5) is 10.1 Å². The first-order valence-electron chi connectivity index (χ1n) is 7.40. The van der Waals surface area contributed by atoms with Crippen molar-refractivity contribution in [1.82, 2.24) is 0 Å². The van der Waals surface area contributed by atoms with Gasteiger partial charge in [0.25, 0.3) is 0 Å². The summed E-state index contributed by atoms with van der Waals surface area (Å²) in [4.78, 5) is 2.56. The first-order chi connectivity index (χ1) is 9.29. The van der Waals surface area contributed by atoms with Crippen LogP contribution in [0.5, 0.6) is 0 Å². The molecule has 1 aromatic carbocycles. The van der Waals surface area contributed by atoms with E-state index in [-0.39, 0.29) is 5.82 Å². The van der Waals surface area contributed by atoms with Crippen molar-refractivity contribution in [3.63, 3.8) is 0 Å². The second-order valence-corrected chi connectivity index (χ2v) is 6.41. The lowest BCUT2D eigenvalue weighted by molar-refractivity contribution is 0.243. The maximum atomic E-state index is 13.4. The van der Waals surface area contributed by atoms with Gasteiger partial charge in [-0.05, 0) is 55.4 Å². The van der Waals surface area contributed by atoms with Gasteiger partial charge in [0, 0.05) is 23.6 Å². The van der Waals surface area contributed by atoms with Gasteiger partial charge in [0.05, 0.1) is 0 Å². The average Bonchev–Trinajstić information content (AvgIpc) is 2.46. The van der Waals surface area contributed by atoms with Crippen molar-refractivity contribution in [2.24, 2.45) is 5.92 Å². The Balaban J connectivity index is 1.91. The number of hydrogen-bond donors (Lipinski definition) is 0. The summed E-state index contributed by atoms with van der Waals surface area (Å²) in [7, 11) is 0. The molecule has 0 amide bonds. The molecule has 0 bridgehead atoms. The smallest absolute Gasteiger partial charge is 0.123 e. The molecular formula is C16H21BrFN. The minimum absolute atomic E-state index is 0.129. The third-order valence-electron chi connectivity index (χ3n) is 4.74. The summed E-state index contributed by atoms with van der Waals surface area (Å²) in [5, 5.41) is 0.730. The Hall–Kier alpha value is -0.570. The van der Waals surface area contributed by atoms with Crippen LogP contribution >= 0.6 is 15.9 Å². The SMILES string of the molecule is Fc1ccc(N2CCCC3CCCCC32)c(CBr)c1. The zero-order valence-electron chi connectivity index (χ0n) is 11.2. The molecule has 0 spiro atoms. The van der Waals surface area contributed by atoms with Crippen LogP contribution in [0.3, 0.4) is 0 Å². The summed E-state index contributed by atoms with van der Waals surface area (Å²) in [5.74, 6) is 0.728. The first-order valence-corrected chi connectivity index (χ1v) is 8.53. The number of rotatable bonds is 2. The molecule has 3 heteroatoms. The van der Waals surface area contributed by atoms with Gasteiger partial charge in [0.1, 0.15) is 5.82 Å². The molecular weight excluding hydrogens is 305 g/mol. The number of halogens is 2. The summed E-state index contributed by atoms with van der Waals surface area (Å²) < 4.78 is 13.4.